The van der Waals surface area contributed by atoms with Crippen LogP contribution in [0.1, 0.15) is 20.3 Å². The Balaban J connectivity index is 2.77. The predicted molar refractivity (Wildman–Crippen MR) is 66.9 cm³/mol. The number of aliphatic hydroxyl groups is 1. The summed E-state index contributed by atoms with van der Waals surface area (Å²) in [5.41, 5.74) is 5.69. The van der Waals surface area contributed by atoms with Gasteiger partial charge < -0.3 is 16.2 Å². The number of nitro benzene ring substituents is 1. The highest BCUT2D eigenvalue weighted by atomic mass is 16.6. The SMILES string of the molecule is CCC(C)(O)CNc1ccc([N+](=O)[O-])cc1N. The highest BCUT2D eigenvalue weighted by Gasteiger charge is 2.17. The summed E-state index contributed by atoms with van der Waals surface area (Å²) in [6, 6.07) is 4.21. The zero-order valence-corrected chi connectivity index (χ0v) is 9.93. The van der Waals surface area contributed by atoms with E-state index in [0.717, 1.165) is 0 Å². The van der Waals surface area contributed by atoms with Crippen molar-refractivity contribution in [1.29, 1.82) is 0 Å². The van der Waals surface area contributed by atoms with Crippen LogP contribution in [-0.4, -0.2) is 22.2 Å². The molecule has 1 aromatic rings. The summed E-state index contributed by atoms with van der Waals surface area (Å²) in [4.78, 5) is 10.0. The average molecular weight is 239 g/mol. The van der Waals surface area contributed by atoms with E-state index in [9.17, 15) is 15.2 Å². The first-order valence-electron chi connectivity index (χ1n) is 5.36. The number of nitrogens with zero attached hydrogens (tertiary/aromatic N) is 1. The summed E-state index contributed by atoms with van der Waals surface area (Å²) in [6.45, 7) is 3.92. The van der Waals surface area contributed by atoms with Crippen molar-refractivity contribution in [3.8, 4) is 0 Å². The second-order valence-corrected chi connectivity index (χ2v) is 4.23. The molecule has 0 fully saturated rings. The van der Waals surface area contributed by atoms with Crippen molar-refractivity contribution >= 4 is 17.1 Å². The smallest absolute Gasteiger partial charge is 0.271 e. The number of hydrogen-bond acceptors (Lipinski definition) is 5. The molecule has 94 valence electrons. The molecular weight excluding hydrogens is 222 g/mol. The minimum atomic E-state index is -0.825. The standard InChI is InChI=1S/C11H17N3O3/c1-3-11(2,15)7-13-10-5-4-8(14(16)17)6-9(10)12/h4-6,13,15H,3,7,12H2,1-2H3. The van der Waals surface area contributed by atoms with Gasteiger partial charge in [0.25, 0.3) is 5.69 Å². The Bertz CT molecular complexity index is 418. The van der Waals surface area contributed by atoms with Gasteiger partial charge in [-0.15, -0.1) is 0 Å². The zero-order chi connectivity index (χ0) is 13.1. The Labute approximate surface area is 99.6 Å². The number of rotatable bonds is 5. The van der Waals surface area contributed by atoms with Gasteiger partial charge in [-0.2, -0.15) is 0 Å². The lowest BCUT2D eigenvalue weighted by atomic mass is 10.0. The van der Waals surface area contributed by atoms with Crippen molar-refractivity contribution in [2.75, 3.05) is 17.6 Å². The summed E-state index contributed by atoms with van der Waals surface area (Å²) < 4.78 is 0. The van der Waals surface area contributed by atoms with Crippen LogP contribution in [0.25, 0.3) is 0 Å². The van der Waals surface area contributed by atoms with Gasteiger partial charge in [-0.3, -0.25) is 10.1 Å². The summed E-state index contributed by atoms with van der Waals surface area (Å²) in [5.74, 6) is 0. The number of nitro groups is 1. The van der Waals surface area contributed by atoms with Crippen LogP contribution in [-0.2, 0) is 0 Å². The molecule has 0 amide bonds. The van der Waals surface area contributed by atoms with Gasteiger partial charge in [0.15, 0.2) is 0 Å². The van der Waals surface area contributed by atoms with Crippen LogP contribution in [0.4, 0.5) is 17.1 Å². The molecule has 0 aromatic heterocycles. The van der Waals surface area contributed by atoms with Gasteiger partial charge in [-0.25, -0.2) is 0 Å². The Morgan fingerprint density at radius 2 is 2.24 bits per heavy atom. The topological polar surface area (TPSA) is 101 Å². The van der Waals surface area contributed by atoms with E-state index < -0.39 is 10.5 Å². The number of hydrogen-bond donors (Lipinski definition) is 3. The number of anilines is 2. The Morgan fingerprint density at radius 3 is 2.71 bits per heavy atom. The fourth-order valence-electron chi connectivity index (χ4n) is 1.24. The molecule has 0 radical (unpaired) electrons. The first kappa shape index (κ1) is 13.2. The molecule has 0 bridgehead atoms. The molecule has 4 N–H and O–H groups in total. The number of non-ortho nitro benzene ring substituents is 1. The minimum Gasteiger partial charge on any atom is -0.397 e. The molecule has 1 unspecified atom stereocenters. The third kappa shape index (κ3) is 3.60. The number of nitrogens with two attached hydrogens (primary N) is 1. The van der Waals surface area contributed by atoms with Crippen molar-refractivity contribution in [2.45, 2.75) is 25.9 Å². The van der Waals surface area contributed by atoms with Gasteiger partial charge >= 0.3 is 0 Å². The molecular formula is C11H17N3O3. The van der Waals surface area contributed by atoms with Gasteiger partial charge in [0, 0.05) is 18.7 Å². The summed E-state index contributed by atoms with van der Waals surface area (Å²) in [7, 11) is 0. The molecule has 6 nitrogen and oxygen atoms in total. The molecule has 0 spiro atoms. The lowest BCUT2D eigenvalue weighted by Crippen LogP contribution is -2.32. The highest BCUT2D eigenvalue weighted by Crippen LogP contribution is 2.24. The molecule has 1 rings (SSSR count). The maximum atomic E-state index is 10.5. The summed E-state index contributed by atoms with van der Waals surface area (Å²) >= 11 is 0. The van der Waals surface area contributed by atoms with E-state index in [-0.39, 0.29) is 5.69 Å². The Kier molecular flexibility index (Phi) is 3.90. The highest BCUT2D eigenvalue weighted by molar-refractivity contribution is 5.69. The predicted octanol–water partition coefficient (Wildman–Crippen LogP) is 1.75. The molecule has 6 heteroatoms. The van der Waals surface area contributed by atoms with Crippen molar-refractivity contribution in [2.24, 2.45) is 0 Å². The van der Waals surface area contributed by atoms with Crippen molar-refractivity contribution < 1.29 is 10.0 Å². The van der Waals surface area contributed by atoms with E-state index >= 15 is 0 Å². The fourth-order valence-corrected chi connectivity index (χ4v) is 1.24. The zero-order valence-electron chi connectivity index (χ0n) is 9.93. The first-order chi connectivity index (χ1) is 7.85. The normalized spacial score (nSPS) is 14.1. The monoisotopic (exact) mass is 239 g/mol. The third-order valence-corrected chi connectivity index (χ3v) is 2.67. The van der Waals surface area contributed by atoms with E-state index in [1.807, 2.05) is 6.92 Å². The molecule has 1 aromatic carbocycles. The average Bonchev–Trinajstić information content (AvgIpc) is 2.27. The fraction of sp³-hybridized carbons (Fsp3) is 0.455. The lowest BCUT2D eigenvalue weighted by Gasteiger charge is -2.22. The van der Waals surface area contributed by atoms with Crippen LogP contribution in [0.2, 0.25) is 0 Å². The van der Waals surface area contributed by atoms with Crippen molar-refractivity contribution in [3.63, 3.8) is 0 Å². The van der Waals surface area contributed by atoms with Crippen LogP contribution in [0.5, 0.6) is 0 Å². The molecule has 0 aliphatic rings. The lowest BCUT2D eigenvalue weighted by molar-refractivity contribution is -0.384. The van der Waals surface area contributed by atoms with Gasteiger partial charge in [-0.1, -0.05) is 6.92 Å². The third-order valence-electron chi connectivity index (χ3n) is 2.67. The molecule has 1 atom stereocenters. The van der Waals surface area contributed by atoms with E-state index in [0.29, 0.717) is 24.3 Å². The number of nitrogen functional groups attached to an aromatic ring is 1. The first-order valence-corrected chi connectivity index (χ1v) is 5.36. The summed E-state index contributed by atoms with van der Waals surface area (Å²) in [6.07, 6.45) is 0.604. The Morgan fingerprint density at radius 1 is 1.59 bits per heavy atom. The van der Waals surface area contributed by atoms with E-state index in [4.69, 9.17) is 5.73 Å². The number of benzene rings is 1. The van der Waals surface area contributed by atoms with E-state index in [1.165, 1.54) is 12.1 Å². The van der Waals surface area contributed by atoms with Crippen molar-refractivity contribution in [3.05, 3.63) is 28.3 Å². The van der Waals surface area contributed by atoms with Gasteiger partial charge in [0.2, 0.25) is 0 Å². The second kappa shape index (κ2) is 5.01. The molecule has 0 aliphatic heterocycles. The minimum absolute atomic E-state index is 0.0460. The van der Waals surface area contributed by atoms with Crippen LogP contribution in [0, 0.1) is 10.1 Å². The maximum Gasteiger partial charge on any atom is 0.271 e. The van der Waals surface area contributed by atoms with Gasteiger partial charge in [0.1, 0.15) is 0 Å². The molecule has 17 heavy (non-hydrogen) atoms. The van der Waals surface area contributed by atoms with Crippen LogP contribution < -0.4 is 11.1 Å². The molecule has 0 heterocycles. The second-order valence-electron chi connectivity index (χ2n) is 4.23. The largest absolute Gasteiger partial charge is 0.397 e. The van der Waals surface area contributed by atoms with Crippen LogP contribution in [0.3, 0.4) is 0 Å². The quantitative estimate of drug-likeness (QED) is 0.413. The number of nitrogens with one attached hydrogen (secondary N) is 1. The molecule has 0 aliphatic carbocycles. The van der Waals surface area contributed by atoms with Crippen LogP contribution in [0.15, 0.2) is 18.2 Å². The van der Waals surface area contributed by atoms with E-state index in [2.05, 4.69) is 5.32 Å². The maximum absolute atomic E-state index is 10.5. The molecule has 0 saturated heterocycles. The van der Waals surface area contributed by atoms with Gasteiger partial charge in [-0.05, 0) is 19.4 Å². The molecule has 0 saturated carbocycles. The van der Waals surface area contributed by atoms with Gasteiger partial charge in [0.05, 0.1) is 21.9 Å². The van der Waals surface area contributed by atoms with Crippen LogP contribution >= 0.6 is 0 Å². The van der Waals surface area contributed by atoms with E-state index in [1.54, 1.807) is 13.0 Å². The Hall–Kier alpha value is -1.82. The summed E-state index contributed by atoms with van der Waals surface area (Å²) in [5, 5.41) is 23.3. The van der Waals surface area contributed by atoms with Crippen molar-refractivity contribution in [1.82, 2.24) is 0 Å².